The number of anilines is 1. The van der Waals surface area contributed by atoms with Gasteiger partial charge in [0.25, 0.3) is 0 Å². The first-order valence-electron chi connectivity index (χ1n) is 5.74. The van der Waals surface area contributed by atoms with Crippen LogP contribution in [-0.2, 0) is 14.3 Å². The van der Waals surface area contributed by atoms with E-state index in [4.69, 9.17) is 4.74 Å². The van der Waals surface area contributed by atoms with Crippen LogP contribution in [0.2, 0.25) is 0 Å². The molecule has 0 aromatic heterocycles. The quantitative estimate of drug-likeness (QED) is 0.769. The highest BCUT2D eigenvalue weighted by molar-refractivity contribution is 5.92. The van der Waals surface area contributed by atoms with Crippen molar-refractivity contribution >= 4 is 17.6 Å². The first-order valence-corrected chi connectivity index (χ1v) is 5.74. The Morgan fingerprint density at radius 3 is 2.63 bits per heavy atom. The molecule has 6 nitrogen and oxygen atoms in total. The Bertz CT molecular complexity index is 448. The number of amides is 1. The number of nitrogens with one attached hydrogen (secondary N) is 1. The first-order chi connectivity index (χ1) is 9.05. The molecule has 1 amide bonds. The molecule has 0 spiro atoms. The van der Waals surface area contributed by atoms with Crippen molar-refractivity contribution in [2.45, 2.75) is 0 Å². The maximum atomic E-state index is 11.7. The van der Waals surface area contributed by atoms with Crippen molar-refractivity contribution in [3.05, 3.63) is 24.3 Å². The summed E-state index contributed by atoms with van der Waals surface area (Å²) in [4.78, 5) is 24.4. The standard InChI is InChI=1S/C13H18N2O4/c1-15(9-13(17)19-3)8-12(16)14-10-5-4-6-11(7-10)18-2/h4-7H,8-9H2,1-3H3,(H,14,16). The van der Waals surface area contributed by atoms with Crippen LogP contribution in [0.25, 0.3) is 0 Å². The van der Waals surface area contributed by atoms with E-state index in [1.807, 2.05) is 0 Å². The highest BCUT2D eigenvalue weighted by Gasteiger charge is 2.11. The summed E-state index contributed by atoms with van der Waals surface area (Å²) in [5.74, 6) is 0.0806. The van der Waals surface area contributed by atoms with Gasteiger partial charge >= 0.3 is 5.97 Å². The van der Waals surface area contributed by atoms with Gasteiger partial charge in [0, 0.05) is 11.8 Å². The van der Waals surface area contributed by atoms with Gasteiger partial charge in [0.15, 0.2) is 0 Å². The molecule has 0 atom stereocenters. The van der Waals surface area contributed by atoms with Crippen LogP contribution in [0.1, 0.15) is 0 Å². The lowest BCUT2D eigenvalue weighted by Crippen LogP contribution is -2.34. The van der Waals surface area contributed by atoms with Crippen LogP contribution in [0.5, 0.6) is 5.75 Å². The number of likely N-dealkylation sites (N-methyl/N-ethyl adjacent to an activating group) is 1. The minimum Gasteiger partial charge on any atom is -0.497 e. The summed E-state index contributed by atoms with van der Waals surface area (Å²) >= 11 is 0. The van der Waals surface area contributed by atoms with Crippen LogP contribution >= 0.6 is 0 Å². The molecule has 0 fully saturated rings. The van der Waals surface area contributed by atoms with E-state index in [-0.39, 0.29) is 25.0 Å². The van der Waals surface area contributed by atoms with E-state index >= 15 is 0 Å². The van der Waals surface area contributed by atoms with Crippen molar-refractivity contribution in [1.82, 2.24) is 4.90 Å². The molecule has 104 valence electrons. The second-order valence-corrected chi connectivity index (χ2v) is 4.03. The average molecular weight is 266 g/mol. The zero-order valence-electron chi connectivity index (χ0n) is 11.3. The van der Waals surface area contributed by atoms with Gasteiger partial charge in [-0.25, -0.2) is 0 Å². The number of rotatable bonds is 6. The first kappa shape index (κ1) is 15.0. The molecule has 0 aliphatic heterocycles. The summed E-state index contributed by atoms with van der Waals surface area (Å²) in [6.07, 6.45) is 0. The Morgan fingerprint density at radius 1 is 1.26 bits per heavy atom. The van der Waals surface area contributed by atoms with E-state index in [1.54, 1.807) is 43.3 Å². The minimum absolute atomic E-state index is 0.0715. The Hall–Kier alpha value is -2.08. The van der Waals surface area contributed by atoms with E-state index in [2.05, 4.69) is 10.1 Å². The van der Waals surface area contributed by atoms with E-state index in [9.17, 15) is 9.59 Å². The van der Waals surface area contributed by atoms with Gasteiger partial charge in [-0.2, -0.15) is 0 Å². The van der Waals surface area contributed by atoms with Crippen molar-refractivity contribution in [3.63, 3.8) is 0 Å². The molecule has 0 saturated heterocycles. The number of esters is 1. The second-order valence-electron chi connectivity index (χ2n) is 4.03. The van der Waals surface area contributed by atoms with Gasteiger partial charge in [-0.15, -0.1) is 0 Å². The molecule has 0 unspecified atom stereocenters. The van der Waals surface area contributed by atoms with Gasteiger partial charge in [0.2, 0.25) is 5.91 Å². The third kappa shape index (κ3) is 5.39. The lowest BCUT2D eigenvalue weighted by atomic mass is 10.3. The van der Waals surface area contributed by atoms with Gasteiger partial charge in [-0.3, -0.25) is 14.5 Å². The van der Waals surface area contributed by atoms with Gasteiger partial charge in [0.05, 0.1) is 27.3 Å². The molecule has 0 aliphatic rings. The molecule has 0 heterocycles. The summed E-state index contributed by atoms with van der Waals surface area (Å²) in [6, 6.07) is 7.06. The number of benzene rings is 1. The van der Waals surface area contributed by atoms with Crippen molar-refractivity contribution in [2.75, 3.05) is 39.7 Å². The Labute approximate surface area is 112 Å². The molecule has 0 saturated carbocycles. The van der Waals surface area contributed by atoms with Gasteiger partial charge < -0.3 is 14.8 Å². The van der Waals surface area contributed by atoms with Gasteiger partial charge in [0.1, 0.15) is 5.75 Å². The maximum absolute atomic E-state index is 11.7. The highest BCUT2D eigenvalue weighted by atomic mass is 16.5. The number of methoxy groups -OCH3 is 2. The SMILES string of the molecule is COC(=O)CN(C)CC(=O)Nc1cccc(OC)c1. The molecule has 6 heteroatoms. The van der Waals surface area contributed by atoms with E-state index in [1.165, 1.54) is 7.11 Å². The second kappa shape index (κ2) is 7.38. The molecular weight excluding hydrogens is 248 g/mol. The Kier molecular flexibility index (Phi) is 5.81. The lowest BCUT2D eigenvalue weighted by molar-refractivity contribution is -0.141. The normalized spacial score (nSPS) is 10.1. The fourth-order valence-corrected chi connectivity index (χ4v) is 1.49. The van der Waals surface area contributed by atoms with E-state index in [0.717, 1.165) is 0 Å². The monoisotopic (exact) mass is 266 g/mol. The van der Waals surface area contributed by atoms with Crippen LogP contribution in [0.3, 0.4) is 0 Å². The molecule has 1 aromatic carbocycles. The number of carbonyl (C=O) groups excluding carboxylic acids is 2. The number of ether oxygens (including phenoxy) is 2. The van der Waals surface area contributed by atoms with E-state index < -0.39 is 0 Å². The molecule has 0 radical (unpaired) electrons. The average Bonchev–Trinajstić information content (AvgIpc) is 2.38. The van der Waals surface area contributed by atoms with E-state index in [0.29, 0.717) is 11.4 Å². The summed E-state index contributed by atoms with van der Waals surface area (Å²) in [6.45, 7) is 0.175. The Balaban J connectivity index is 2.48. The Morgan fingerprint density at radius 2 is 2.00 bits per heavy atom. The van der Waals surface area contributed by atoms with Crippen LogP contribution in [0, 0.1) is 0 Å². The number of nitrogens with zero attached hydrogens (tertiary/aromatic N) is 1. The maximum Gasteiger partial charge on any atom is 0.319 e. The predicted molar refractivity (Wildman–Crippen MR) is 71.1 cm³/mol. The van der Waals surface area contributed by atoms with Crippen LogP contribution in [0.15, 0.2) is 24.3 Å². The van der Waals surface area contributed by atoms with Crippen LogP contribution in [-0.4, -0.2) is 51.1 Å². The zero-order chi connectivity index (χ0) is 14.3. The lowest BCUT2D eigenvalue weighted by Gasteiger charge is -2.14. The van der Waals surface area contributed by atoms with Crippen molar-refractivity contribution in [2.24, 2.45) is 0 Å². The van der Waals surface area contributed by atoms with Crippen LogP contribution < -0.4 is 10.1 Å². The largest absolute Gasteiger partial charge is 0.497 e. The molecular formula is C13H18N2O4. The molecule has 19 heavy (non-hydrogen) atoms. The van der Waals surface area contributed by atoms with Crippen LogP contribution in [0.4, 0.5) is 5.69 Å². The third-order valence-corrected chi connectivity index (χ3v) is 2.39. The topological polar surface area (TPSA) is 67.9 Å². The summed E-state index contributed by atoms with van der Waals surface area (Å²) in [5, 5.41) is 2.73. The molecule has 1 N–H and O–H groups in total. The van der Waals surface area contributed by atoms with Crippen molar-refractivity contribution < 1.29 is 19.1 Å². The van der Waals surface area contributed by atoms with Crippen molar-refractivity contribution in [1.29, 1.82) is 0 Å². The summed E-state index contributed by atoms with van der Waals surface area (Å²) in [5.41, 5.74) is 0.649. The summed E-state index contributed by atoms with van der Waals surface area (Å²) in [7, 11) is 4.54. The fraction of sp³-hybridized carbons (Fsp3) is 0.385. The number of hydrogen-bond acceptors (Lipinski definition) is 5. The molecule has 1 aromatic rings. The van der Waals surface area contributed by atoms with Crippen molar-refractivity contribution in [3.8, 4) is 5.75 Å². The molecule has 0 bridgehead atoms. The predicted octanol–water partition coefficient (Wildman–Crippen LogP) is 0.738. The fourth-order valence-electron chi connectivity index (χ4n) is 1.49. The van der Waals surface area contributed by atoms with Gasteiger partial charge in [-0.05, 0) is 19.2 Å². The summed E-state index contributed by atoms with van der Waals surface area (Å²) < 4.78 is 9.58. The molecule has 1 rings (SSSR count). The molecule has 0 aliphatic carbocycles. The zero-order valence-corrected chi connectivity index (χ0v) is 11.3. The highest BCUT2D eigenvalue weighted by Crippen LogP contribution is 2.16. The van der Waals surface area contributed by atoms with Gasteiger partial charge in [-0.1, -0.05) is 6.07 Å². The minimum atomic E-state index is -0.378. The smallest absolute Gasteiger partial charge is 0.319 e. The number of carbonyl (C=O) groups is 2. The number of hydrogen-bond donors (Lipinski definition) is 1. The third-order valence-electron chi connectivity index (χ3n) is 2.39.